The molecule has 2 rings (SSSR count). The zero-order valence-electron chi connectivity index (χ0n) is 10.3. The molecule has 1 aliphatic heterocycles. The van der Waals surface area contributed by atoms with Gasteiger partial charge in [0.05, 0.1) is 23.4 Å². The van der Waals surface area contributed by atoms with Crippen LogP contribution in [0.15, 0.2) is 24.3 Å². The van der Waals surface area contributed by atoms with Crippen LogP contribution in [0.1, 0.15) is 13.8 Å². The van der Waals surface area contributed by atoms with Crippen molar-refractivity contribution >= 4 is 17.3 Å². The highest BCUT2D eigenvalue weighted by Crippen LogP contribution is 2.29. The second-order valence-electron chi connectivity index (χ2n) is 5.18. The molecule has 1 aromatic carbocycles. The van der Waals surface area contributed by atoms with Gasteiger partial charge in [-0.15, -0.1) is 0 Å². The van der Waals surface area contributed by atoms with Crippen LogP contribution in [0.4, 0.5) is 5.69 Å². The average molecular weight is 255 g/mol. The van der Waals surface area contributed by atoms with Gasteiger partial charge in [0.15, 0.2) is 0 Å². The molecule has 0 radical (unpaired) electrons. The van der Waals surface area contributed by atoms with Gasteiger partial charge >= 0.3 is 0 Å². The van der Waals surface area contributed by atoms with Gasteiger partial charge in [-0.05, 0) is 26.0 Å². The van der Waals surface area contributed by atoms with E-state index in [2.05, 4.69) is 24.1 Å². The summed E-state index contributed by atoms with van der Waals surface area (Å²) in [7, 11) is 0. The van der Waals surface area contributed by atoms with E-state index in [0.717, 1.165) is 23.8 Å². The molecule has 1 unspecified atom stereocenters. The molecule has 1 aromatic rings. The number of aliphatic hydroxyl groups is 1. The standard InChI is InChI=1S/C13H19ClN2O/c1-13(2)9-16(10(8-17)7-15-13)12-6-4-3-5-11(12)14/h3-6,10,15,17H,7-9H2,1-2H3. The summed E-state index contributed by atoms with van der Waals surface area (Å²) >= 11 is 6.23. The Balaban J connectivity index is 2.30. The van der Waals surface area contributed by atoms with Crippen molar-refractivity contribution in [2.45, 2.75) is 25.4 Å². The predicted octanol–water partition coefficient (Wildman–Crippen LogP) is 1.89. The van der Waals surface area contributed by atoms with E-state index in [-0.39, 0.29) is 18.2 Å². The zero-order valence-corrected chi connectivity index (χ0v) is 11.0. The van der Waals surface area contributed by atoms with Crippen LogP contribution in [-0.4, -0.2) is 36.4 Å². The fourth-order valence-corrected chi connectivity index (χ4v) is 2.49. The van der Waals surface area contributed by atoms with Crippen LogP contribution < -0.4 is 10.2 Å². The number of nitrogens with zero attached hydrogens (tertiary/aromatic N) is 1. The lowest BCUT2D eigenvalue weighted by molar-refractivity contribution is 0.215. The Morgan fingerprint density at radius 3 is 2.82 bits per heavy atom. The van der Waals surface area contributed by atoms with E-state index in [1.807, 2.05) is 24.3 Å². The van der Waals surface area contributed by atoms with Gasteiger partial charge in [0.1, 0.15) is 0 Å². The third-order valence-corrected chi connectivity index (χ3v) is 3.51. The minimum absolute atomic E-state index is 0.0326. The molecule has 4 heteroatoms. The summed E-state index contributed by atoms with van der Waals surface area (Å²) in [5.41, 5.74) is 1.04. The third kappa shape index (κ3) is 2.73. The molecule has 2 N–H and O–H groups in total. The SMILES string of the molecule is CC1(C)CN(c2ccccc2Cl)C(CO)CN1. The number of nitrogens with one attached hydrogen (secondary N) is 1. The third-order valence-electron chi connectivity index (χ3n) is 3.20. The molecule has 17 heavy (non-hydrogen) atoms. The maximum absolute atomic E-state index is 9.46. The van der Waals surface area contributed by atoms with E-state index >= 15 is 0 Å². The summed E-state index contributed by atoms with van der Waals surface area (Å²) in [5.74, 6) is 0. The molecule has 0 aliphatic carbocycles. The molecule has 1 aliphatic rings. The molecule has 0 aromatic heterocycles. The highest BCUT2D eigenvalue weighted by molar-refractivity contribution is 6.33. The molecule has 1 atom stereocenters. The first-order valence-corrected chi connectivity index (χ1v) is 6.28. The summed E-state index contributed by atoms with van der Waals surface area (Å²) in [4.78, 5) is 2.19. The van der Waals surface area contributed by atoms with Crippen LogP contribution in [-0.2, 0) is 0 Å². The molecule has 0 saturated carbocycles. The largest absolute Gasteiger partial charge is 0.394 e. The first-order valence-electron chi connectivity index (χ1n) is 5.90. The number of aliphatic hydroxyl groups excluding tert-OH is 1. The van der Waals surface area contributed by atoms with E-state index in [4.69, 9.17) is 11.6 Å². The number of halogens is 1. The van der Waals surface area contributed by atoms with Crippen molar-refractivity contribution in [2.24, 2.45) is 0 Å². The first-order chi connectivity index (χ1) is 8.03. The number of piperazine rings is 1. The average Bonchev–Trinajstić information content (AvgIpc) is 2.28. The molecule has 1 saturated heterocycles. The number of anilines is 1. The molecule has 0 bridgehead atoms. The van der Waals surface area contributed by atoms with Gasteiger partial charge in [-0.3, -0.25) is 0 Å². The Hall–Kier alpha value is -0.770. The van der Waals surface area contributed by atoms with Gasteiger partial charge in [-0.25, -0.2) is 0 Å². The van der Waals surface area contributed by atoms with E-state index in [0.29, 0.717) is 0 Å². The Labute approximate surface area is 107 Å². The van der Waals surface area contributed by atoms with Crippen molar-refractivity contribution in [3.63, 3.8) is 0 Å². The maximum atomic E-state index is 9.46. The van der Waals surface area contributed by atoms with E-state index in [1.165, 1.54) is 0 Å². The summed E-state index contributed by atoms with van der Waals surface area (Å²) < 4.78 is 0. The van der Waals surface area contributed by atoms with Crippen LogP contribution in [0.5, 0.6) is 0 Å². The number of hydrogen-bond acceptors (Lipinski definition) is 3. The number of hydrogen-bond donors (Lipinski definition) is 2. The van der Waals surface area contributed by atoms with Crippen LogP contribution in [0, 0.1) is 0 Å². The minimum Gasteiger partial charge on any atom is -0.394 e. The monoisotopic (exact) mass is 254 g/mol. The Morgan fingerprint density at radius 2 is 2.18 bits per heavy atom. The van der Waals surface area contributed by atoms with Gasteiger partial charge < -0.3 is 15.3 Å². The molecule has 1 heterocycles. The van der Waals surface area contributed by atoms with Gasteiger partial charge in [0.2, 0.25) is 0 Å². The number of para-hydroxylation sites is 1. The van der Waals surface area contributed by atoms with Crippen LogP contribution in [0.3, 0.4) is 0 Å². The molecule has 3 nitrogen and oxygen atoms in total. The quantitative estimate of drug-likeness (QED) is 0.846. The molecule has 1 fully saturated rings. The maximum Gasteiger partial charge on any atom is 0.0647 e. The summed E-state index contributed by atoms with van der Waals surface area (Å²) in [6, 6.07) is 7.88. The fraction of sp³-hybridized carbons (Fsp3) is 0.538. The smallest absolute Gasteiger partial charge is 0.0647 e. The zero-order chi connectivity index (χ0) is 12.5. The van der Waals surface area contributed by atoms with Crippen molar-refractivity contribution in [1.29, 1.82) is 0 Å². The first kappa shape index (κ1) is 12.7. The summed E-state index contributed by atoms with van der Waals surface area (Å²) in [5, 5.41) is 13.6. The highest BCUT2D eigenvalue weighted by Gasteiger charge is 2.32. The van der Waals surface area contributed by atoms with E-state index in [9.17, 15) is 5.11 Å². The number of benzene rings is 1. The summed E-state index contributed by atoms with van der Waals surface area (Å²) in [6.07, 6.45) is 0. The lowest BCUT2D eigenvalue weighted by Crippen LogP contribution is -2.62. The molecule has 0 amide bonds. The lowest BCUT2D eigenvalue weighted by Gasteiger charge is -2.45. The van der Waals surface area contributed by atoms with E-state index < -0.39 is 0 Å². The fourth-order valence-electron chi connectivity index (χ4n) is 2.24. The normalized spacial score (nSPS) is 23.8. The topological polar surface area (TPSA) is 35.5 Å². The lowest BCUT2D eigenvalue weighted by atomic mass is 9.98. The predicted molar refractivity (Wildman–Crippen MR) is 71.8 cm³/mol. The highest BCUT2D eigenvalue weighted by atomic mass is 35.5. The molecular formula is C13H19ClN2O. The van der Waals surface area contributed by atoms with Crippen molar-refractivity contribution < 1.29 is 5.11 Å². The minimum atomic E-state index is 0.0326. The Morgan fingerprint density at radius 1 is 1.47 bits per heavy atom. The molecule has 0 spiro atoms. The summed E-state index contributed by atoms with van der Waals surface area (Å²) in [6.45, 7) is 6.06. The number of rotatable bonds is 2. The van der Waals surface area contributed by atoms with Crippen molar-refractivity contribution in [3.05, 3.63) is 29.3 Å². The van der Waals surface area contributed by atoms with Gasteiger partial charge in [-0.2, -0.15) is 0 Å². The van der Waals surface area contributed by atoms with E-state index in [1.54, 1.807) is 0 Å². The van der Waals surface area contributed by atoms with Crippen molar-refractivity contribution in [1.82, 2.24) is 5.32 Å². The Kier molecular flexibility index (Phi) is 3.61. The molecule has 94 valence electrons. The van der Waals surface area contributed by atoms with Crippen molar-refractivity contribution in [3.8, 4) is 0 Å². The van der Waals surface area contributed by atoms with Gasteiger partial charge in [0, 0.05) is 18.6 Å². The van der Waals surface area contributed by atoms with Crippen LogP contribution >= 0.6 is 11.6 Å². The van der Waals surface area contributed by atoms with Crippen LogP contribution in [0.2, 0.25) is 5.02 Å². The Bertz CT molecular complexity index is 395. The van der Waals surface area contributed by atoms with Crippen molar-refractivity contribution in [2.75, 3.05) is 24.6 Å². The second-order valence-corrected chi connectivity index (χ2v) is 5.59. The second kappa shape index (κ2) is 4.84. The molecular weight excluding hydrogens is 236 g/mol. The van der Waals surface area contributed by atoms with Gasteiger partial charge in [0.25, 0.3) is 0 Å². The van der Waals surface area contributed by atoms with Gasteiger partial charge in [-0.1, -0.05) is 23.7 Å². The van der Waals surface area contributed by atoms with Crippen LogP contribution in [0.25, 0.3) is 0 Å².